The molecule has 2 heterocycles. The van der Waals surface area contributed by atoms with E-state index in [1.807, 2.05) is 67.6 Å². The summed E-state index contributed by atoms with van der Waals surface area (Å²) in [5, 5.41) is 22.0. The van der Waals surface area contributed by atoms with Crippen LogP contribution in [0.25, 0.3) is 32.4 Å². The third-order valence-electron chi connectivity index (χ3n) is 5.35. The van der Waals surface area contributed by atoms with E-state index in [1.165, 1.54) is 23.1 Å². The smallest absolute Gasteiger partial charge is 0.266 e. The van der Waals surface area contributed by atoms with Gasteiger partial charge in [0.1, 0.15) is 22.4 Å². The topological polar surface area (TPSA) is 91.8 Å². The van der Waals surface area contributed by atoms with Crippen LogP contribution in [-0.4, -0.2) is 25.4 Å². The standard InChI is InChI=1S/C26H18N4O2S2/c1-16-8-2-6-12-21(16)30-25(32)17-9-3-4-10-19(17)29-26(30)33-15-22(31)18(14-27)24-28-20-11-5-7-13-23(20)34-24/h2-13,31H,15H2,1H3/b22-18-. The molecule has 166 valence electrons. The fraction of sp³-hybridized carbons (Fsp3) is 0.0769. The van der Waals surface area contributed by atoms with Crippen LogP contribution in [0.1, 0.15) is 10.6 Å². The third kappa shape index (κ3) is 3.96. The summed E-state index contributed by atoms with van der Waals surface area (Å²) < 4.78 is 2.51. The number of hydrogen-bond donors (Lipinski definition) is 1. The van der Waals surface area contributed by atoms with Gasteiger partial charge in [-0.1, -0.05) is 54.2 Å². The molecule has 8 heteroatoms. The minimum absolute atomic E-state index is 0.0650. The van der Waals surface area contributed by atoms with Gasteiger partial charge in [-0.05, 0) is 42.8 Å². The number of para-hydroxylation sites is 3. The van der Waals surface area contributed by atoms with Crippen molar-refractivity contribution in [1.29, 1.82) is 5.26 Å². The minimum Gasteiger partial charge on any atom is -0.510 e. The molecule has 0 bridgehead atoms. The van der Waals surface area contributed by atoms with Crippen molar-refractivity contribution in [2.24, 2.45) is 0 Å². The highest BCUT2D eigenvalue weighted by molar-refractivity contribution is 7.99. The van der Waals surface area contributed by atoms with Crippen LogP contribution >= 0.6 is 23.1 Å². The molecule has 3 aromatic carbocycles. The van der Waals surface area contributed by atoms with Crippen LogP contribution < -0.4 is 5.56 Å². The fourth-order valence-electron chi connectivity index (χ4n) is 3.66. The van der Waals surface area contributed by atoms with Gasteiger partial charge in [-0.25, -0.2) is 9.97 Å². The maximum atomic E-state index is 13.4. The lowest BCUT2D eigenvalue weighted by atomic mass is 10.2. The number of thiazole rings is 1. The van der Waals surface area contributed by atoms with Crippen molar-refractivity contribution in [3.63, 3.8) is 0 Å². The van der Waals surface area contributed by atoms with Gasteiger partial charge in [-0.15, -0.1) is 11.3 Å². The number of thioether (sulfide) groups is 1. The zero-order chi connectivity index (χ0) is 23.7. The lowest BCUT2D eigenvalue weighted by Crippen LogP contribution is -2.22. The number of nitriles is 1. The average molecular weight is 483 g/mol. The van der Waals surface area contributed by atoms with E-state index in [-0.39, 0.29) is 22.6 Å². The highest BCUT2D eigenvalue weighted by Gasteiger charge is 2.18. The van der Waals surface area contributed by atoms with Gasteiger partial charge in [0.25, 0.3) is 5.56 Å². The Bertz CT molecular complexity index is 1650. The Kier molecular flexibility index (Phi) is 5.88. The molecule has 0 fully saturated rings. The Hall–Kier alpha value is -3.93. The molecule has 5 rings (SSSR count). The highest BCUT2D eigenvalue weighted by Crippen LogP contribution is 2.30. The summed E-state index contributed by atoms with van der Waals surface area (Å²) in [4.78, 5) is 22.6. The zero-order valence-corrected chi connectivity index (χ0v) is 19.7. The fourth-order valence-corrected chi connectivity index (χ4v) is 5.52. The predicted molar refractivity (Wildman–Crippen MR) is 138 cm³/mol. The SMILES string of the molecule is Cc1ccccc1-n1c(SC/C(O)=C(\C#N)c2nc3ccccc3s2)nc2ccccc2c1=O. The summed E-state index contributed by atoms with van der Waals surface area (Å²) in [7, 11) is 0. The molecule has 2 aromatic heterocycles. The molecule has 5 aromatic rings. The first-order chi connectivity index (χ1) is 16.6. The first kappa shape index (κ1) is 21.9. The maximum Gasteiger partial charge on any atom is 0.266 e. The van der Waals surface area contributed by atoms with E-state index < -0.39 is 0 Å². The number of aliphatic hydroxyl groups is 1. The van der Waals surface area contributed by atoms with Crippen LogP contribution in [0.3, 0.4) is 0 Å². The van der Waals surface area contributed by atoms with E-state index in [9.17, 15) is 15.2 Å². The molecule has 6 nitrogen and oxygen atoms in total. The van der Waals surface area contributed by atoms with E-state index in [1.54, 1.807) is 16.7 Å². The van der Waals surface area contributed by atoms with Crippen molar-refractivity contribution >= 4 is 49.8 Å². The lowest BCUT2D eigenvalue weighted by Gasteiger charge is -2.15. The Labute approximate surface area is 203 Å². The van der Waals surface area contributed by atoms with Crippen LogP contribution in [0, 0.1) is 18.3 Å². The first-order valence-corrected chi connectivity index (χ1v) is 12.3. The number of aryl methyl sites for hydroxylation is 1. The molecule has 0 radical (unpaired) electrons. The molecule has 1 N–H and O–H groups in total. The second-order valence-corrected chi connectivity index (χ2v) is 9.52. The molecule has 0 aliphatic heterocycles. The molecule has 0 aliphatic rings. The zero-order valence-electron chi connectivity index (χ0n) is 18.1. The van der Waals surface area contributed by atoms with Crippen molar-refractivity contribution in [1.82, 2.24) is 14.5 Å². The van der Waals surface area contributed by atoms with Crippen molar-refractivity contribution in [3.8, 4) is 11.8 Å². The van der Waals surface area contributed by atoms with Gasteiger partial charge < -0.3 is 5.11 Å². The van der Waals surface area contributed by atoms with Gasteiger partial charge in [0.2, 0.25) is 0 Å². The summed E-state index contributed by atoms with van der Waals surface area (Å²) in [6, 6.07) is 24.5. The lowest BCUT2D eigenvalue weighted by molar-refractivity contribution is 0.420. The van der Waals surface area contributed by atoms with Crippen molar-refractivity contribution < 1.29 is 5.11 Å². The van der Waals surface area contributed by atoms with Gasteiger partial charge in [0, 0.05) is 0 Å². The van der Waals surface area contributed by atoms with Gasteiger partial charge >= 0.3 is 0 Å². The third-order valence-corrected chi connectivity index (χ3v) is 7.35. The molecule has 0 saturated carbocycles. The number of rotatable bonds is 5. The molecule has 0 amide bonds. The minimum atomic E-state index is -0.183. The van der Waals surface area contributed by atoms with E-state index in [0.29, 0.717) is 21.1 Å². The van der Waals surface area contributed by atoms with Crippen molar-refractivity contribution in [2.45, 2.75) is 12.1 Å². The number of fused-ring (bicyclic) bond motifs is 2. The predicted octanol–water partition coefficient (Wildman–Crippen LogP) is 5.89. The first-order valence-electron chi connectivity index (χ1n) is 10.5. The Morgan fingerprint density at radius 3 is 2.50 bits per heavy atom. The summed E-state index contributed by atoms with van der Waals surface area (Å²) in [5.74, 6) is -0.0412. The number of aromatic nitrogens is 3. The molecule has 34 heavy (non-hydrogen) atoms. The largest absolute Gasteiger partial charge is 0.510 e. The molecule has 0 aliphatic carbocycles. The van der Waals surface area contributed by atoms with E-state index in [2.05, 4.69) is 11.1 Å². The van der Waals surface area contributed by atoms with E-state index >= 15 is 0 Å². The highest BCUT2D eigenvalue weighted by atomic mass is 32.2. The Morgan fingerprint density at radius 2 is 1.74 bits per heavy atom. The maximum absolute atomic E-state index is 13.4. The number of nitrogens with zero attached hydrogens (tertiary/aromatic N) is 4. The van der Waals surface area contributed by atoms with Gasteiger partial charge in [0.15, 0.2) is 5.16 Å². The second-order valence-electron chi connectivity index (χ2n) is 7.55. The summed E-state index contributed by atoms with van der Waals surface area (Å²) in [6.45, 7) is 1.93. The summed E-state index contributed by atoms with van der Waals surface area (Å²) >= 11 is 2.56. The molecule has 0 spiro atoms. The molecular formula is C26H18N4O2S2. The number of hydrogen-bond acceptors (Lipinski definition) is 7. The van der Waals surface area contributed by atoms with E-state index in [4.69, 9.17) is 4.98 Å². The molecule has 0 atom stereocenters. The van der Waals surface area contributed by atoms with E-state index in [0.717, 1.165) is 21.5 Å². The molecule has 0 unspecified atom stereocenters. The number of aliphatic hydroxyl groups excluding tert-OH is 1. The quantitative estimate of drug-likeness (QED) is 0.145. The number of benzene rings is 3. The van der Waals surface area contributed by atoms with Crippen LogP contribution in [-0.2, 0) is 0 Å². The van der Waals surface area contributed by atoms with Crippen LogP contribution in [0.2, 0.25) is 0 Å². The molecular weight excluding hydrogens is 464 g/mol. The monoisotopic (exact) mass is 482 g/mol. The average Bonchev–Trinajstić information content (AvgIpc) is 3.28. The normalized spacial score (nSPS) is 12.0. The second kappa shape index (κ2) is 9.14. The number of allylic oxidation sites excluding steroid dienone is 1. The van der Waals surface area contributed by atoms with Crippen LogP contribution in [0.15, 0.2) is 88.5 Å². The van der Waals surface area contributed by atoms with Gasteiger partial charge in [-0.3, -0.25) is 9.36 Å². The Balaban J connectivity index is 1.58. The molecule has 0 saturated heterocycles. The summed E-state index contributed by atoms with van der Waals surface area (Å²) in [5.41, 5.74) is 2.95. The summed E-state index contributed by atoms with van der Waals surface area (Å²) in [6.07, 6.45) is 0. The van der Waals surface area contributed by atoms with Crippen molar-refractivity contribution in [3.05, 3.63) is 99.5 Å². The van der Waals surface area contributed by atoms with Crippen LogP contribution in [0.4, 0.5) is 0 Å². The van der Waals surface area contributed by atoms with Crippen molar-refractivity contribution in [2.75, 3.05) is 5.75 Å². The van der Waals surface area contributed by atoms with Crippen LogP contribution in [0.5, 0.6) is 0 Å². The Morgan fingerprint density at radius 1 is 1.03 bits per heavy atom. The van der Waals surface area contributed by atoms with Gasteiger partial charge in [-0.2, -0.15) is 5.26 Å². The van der Waals surface area contributed by atoms with Gasteiger partial charge in [0.05, 0.1) is 32.6 Å².